The first-order valence-corrected chi connectivity index (χ1v) is 7.80. The van der Waals surface area contributed by atoms with Crippen molar-refractivity contribution in [3.05, 3.63) is 66.0 Å². The summed E-state index contributed by atoms with van der Waals surface area (Å²) in [6, 6.07) is 14.5. The maximum absolute atomic E-state index is 11.7. The number of nitrogens with zero attached hydrogens (tertiary/aromatic N) is 2. The third-order valence-electron chi connectivity index (χ3n) is 4.14. The zero-order valence-corrected chi connectivity index (χ0v) is 13.4. The van der Waals surface area contributed by atoms with Crippen molar-refractivity contribution in [2.24, 2.45) is 0 Å². The van der Waals surface area contributed by atoms with Crippen LogP contribution in [0.3, 0.4) is 0 Å². The Hall–Kier alpha value is -2.62. The smallest absolute Gasteiger partial charge is 0.310 e. The molecule has 0 aliphatic rings. The van der Waals surface area contributed by atoms with Gasteiger partial charge in [-0.1, -0.05) is 37.3 Å². The quantitative estimate of drug-likeness (QED) is 0.674. The topological polar surface area (TPSA) is 44.1 Å². The van der Waals surface area contributed by atoms with Gasteiger partial charge in [-0.25, -0.2) is 4.98 Å². The fourth-order valence-corrected chi connectivity index (χ4v) is 3.03. The van der Waals surface area contributed by atoms with E-state index in [1.54, 1.807) is 6.20 Å². The number of rotatable bonds is 5. The maximum atomic E-state index is 11.7. The first kappa shape index (κ1) is 15.3. The van der Waals surface area contributed by atoms with Crippen molar-refractivity contribution in [2.75, 3.05) is 7.11 Å². The van der Waals surface area contributed by atoms with E-state index in [0.717, 1.165) is 23.0 Å². The number of aromatic nitrogens is 2. The number of methoxy groups -OCH3 is 1. The molecule has 1 atom stereocenters. The van der Waals surface area contributed by atoms with Gasteiger partial charge < -0.3 is 9.30 Å². The summed E-state index contributed by atoms with van der Waals surface area (Å²) >= 11 is 0. The van der Waals surface area contributed by atoms with Gasteiger partial charge in [-0.15, -0.1) is 0 Å². The molecular weight excluding hydrogens is 288 g/mol. The van der Waals surface area contributed by atoms with E-state index in [1.165, 1.54) is 12.7 Å². The van der Waals surface area contributed by atoms with Gasteiger partial charge in [0, 0.05) is 17.8 Å². The Balaban J connectivity index is 2.11. The van der Waals surface area contributed by atoms with Crippen molar-refractivity contribution in [1.29, 1.82) is 0 Å². The Kier molecular flexibility index (Phi) is 4.42. The lowest BCUT2D eigenvalue weighted by Crippen LogP contribution is -2.09. The van der Waals surface area contributed by atoms with Crippen LogP contribution in [-0.2, 0) is 16.0 Å². The van der Waals surface area contributed by atoms with Crippen LogP contribution in [0.25, 0.3) is 11.0 Å². The number of hydrogen-bond donors (Lipinski definition) is 0. The number of pyridine rings is 1. The van der Waals surface area contributed by atoms with Crippen molar-refractivity contribution in [3.63, 3.8) is 0 Å². The molecule has 0 N–H and O–H groups in total. The van der Waals surface area contributed by atoms with Crippen LogP contribution >= 0.6 is 0 Å². The third kappa shape index (κ3) is 2.97. The van der Waals surface area contributed by atoms with Crippen molar-refractivity contribution >= 4 is 17.0 Å². The van der Waals surface area contributed by atoms with Crippen LogP contribution in [-0.4, -0.2) is 22.6 Å². The Bertz CT molecular complexity index is 809. The molecule has 118 valence electrons. The van der Waals surface area contributed by atoms with Crippen LogP contribution in [0.2, 0.25) is 0 Å². The summed E-state index contributed by atoms with van der Waals surface area (Å²) in [6.45, 7) is 2.16. The van der Waals surface area contributed by atoms with E-state index in [0.29, 0.717) is 0 Å². The molecule has 0 aliphatic heterocycles. The molecule has 3 aromatic rings. The van der Waals surface area contributed by atoms with Crippen LogP contribution in [0, 0.1) is 0 Å². The van der Waals surface area contributed by atoms with Gasteiger partial charge in [0.25, 0.3) is 0 Å². The number of hydrogen-bond acceptors (Lipinski definition) is 3. The number of benzene rings is 1. The first-order chi connectivity index (χ1) is 11.2. The fraction of sp³-hybridized carbons (Fsp3) is 0.263. The predicted molar refractivity (Wildman–Crippen MR) is 90.3 cm³/mol. The molecule has 1 aromatic carbocycles. The number of carbonyl (C=O) groups excluding carboxylic acids is 1. The van der Waals surface area contributed by atoms with Crippen LogP contribution in [0.1, 0.15) is 30.5 Å². The molecule has 4 nitrogen and oxygen atoms in total. The molecule has 23 heavy (non-hydrogen) atoms. The lowest BCUT2D eigenvalue weighted by Gasteiger charge is -2.18. The summed E-state index contributed by atoms with van der Waals surface area (Å²) in [6.07, 6.45) is 5.03. The van der Waals surface area contributed by atoms with Crippen molar-refractivity contribution in [3.8, 4) is 0 Å². The van der Waals surface area contributed by atoms with Gasteiger partial charge >= 0.3 is 5.97 Å². The summed E-state index contributed by atoms with van der Waals surface area (Å²) < 4.78 is 6.98. The molecule has 0 aliphatic carbocycles. The molecular formula is C19H20N2O2. The molecule has 2 heterocycles. The van der Waals surface area contributed by atoms with Gasteiger partial charge in [-0.2, -0.15) is 0 Å². The third-order valence-corrected chi connectivity index (χ3v) is 4.14. The normalized spacial score (nSPS) is 12.3. The van der Waals surface area contributed by atoms with Crippen LogP contribution in [0.15, 0.2) is 54.9 Å². The molecule has 0 saturated carbocycles. The number of esters is 1. The van der Waals surface area contributed by atoms with Crippen molar-refractivity contribution in [2.45, 2.75) is 25.8 Å². The summed E-state index contributed by atoms with van der Waals surface area (Å²) in [5, 5.41) is 1.01. The molecule has 0 spiro atoms. The van der Waals surface area contributed by atoms with Gasteiger partial charge in [0.05, 0.1) is 19.6 Å². The summed E-state index contributed by atoms with van der Waals surface area (Å²) in [7, 11) is 1.42. The molecule has 3 rings (SSSR count). The standard InChI is InChI=1S/C19H20N2O2/c1-3-17(14-8-5-4-6-9-14)21-13-15(12-18(22)23-2)16-10-7-11-20-19(16)21/h4-11,13,17H,3,12H2,1-2H3. The molecule has 1 unspecified atom stereocenters. The average molecular weight is 308 g/mol. The largest absolute Gasteiger partial charge is 0.469 e. The minimum atomic E-state index is -0.235. The van der Waals surface area contributed by atoms with E-state index < -0.39 is 0 Å². The van der Waals surface area contributed by atoms with E-state index in [2.05, 4.69) is 28.6 Å². The number of fused-ring (bicyclic) bond motifs is 1. The lowest BCUT2D eigenvalue weighted by molar-refractivity contribution is -0.139. The zero-order valence-electron chi connectivity index (χ0n) is 13.4. The van der Waals surface area contributed by atoms with Crippen LogP contribution in [0.5, 0.6) is 0 Å². The van der Waals surface area contributed by atoms with Gasteiger partial charge in [0.2, 0.25) is 0 Å². The first-order valence-electron chi connectivity index (χ1n) is 7.80. The minimum Gasteiger partial charge on any atom is -0.469 e. The highest BCUT2D eigenvalue weighted by Gasteiger charge is 2.18. The molecule has 2 aromatic heterocycles. The lowest BCUT2D eigenvalue weighted by atomic mass is 10.0. The monoisotopic (exact) mass is 308 g/mol. The summed E-state index contributed by atoms with van der Waals surface area (Å²) in [5.41, 5.74) is 3.10. The maximum Gasteiger partial charge on any atom is 0.310 e. The molecule has 0 saturated heterocycles. The second kappa shape index (κ2) is 6.65. The highest BCUT2D eigenvalue weighted by molar-refractivity contribution is 5.85. The summed E-state index contributed by atoms with van der Waals surface area (Å²) in [4.78, 5) is 16.2. The van der Waals surface area contributed by atoms with E-state index in [9.17, 15) is 4.79 Å². The van der Waals surface area contributed by atoms with Gasteiger partial charge in [0.15, 0.2) is 0 Å². The van der Waals surface area contributed by atoms with Crippen molar-refractivity contribution < 1.29 is 9.53 Å². The number of ether oxygens (including phenoxy) is 1. The number of carbonyl (C=O) groups is 1. The highest BCUT2D eigenvalue weighted by atomic mass is 16.5. The Morgan fingerprint density at radius 2 is 2.00 bits per heavy atom. The van der Waals surface area contributed by atoms with E-state index >= 15 is 0 Å². The molecule has 0 bridgehead atoms. The predicted octanol–water partition coefficient (Wildman–Crippen LogP) is 3.75. The average Bonchev–Trinajstić information content (AvgIpc) is 2.95. The fourth-order valence-electron chi connectivity index (χ4n) is 3.03. The van der Waals surface area contributed by atoms with Crippen molar-refractivity contribution in [1.82, 2.24) is 9.55 Å². The molecule has 0 radical (unpaired) electrons. The second-order valence-corrected chi connectivity index (χ2v) is 5.52. The summed E-state index contributed by atoms with van der Waals surface area (Å²) in [5.74, 6) is -0.235. The van der Waals surface area contributed by atoms with Gasteiger partial charge in [-0.3, -0.25) is 4.79 Å². The van der Waals surface area contributed by atoms with Gasteiger partial charge in [-0.05, 0) is 29.7 Å². The van der Waals surface area contributed by atoms with Crippen LogP contribution in [0.4, 0.5) is 0 Å². The van der Waals surface area contributed by atoms with E-state index in [4.69, 9.17) is 4.74 Å². The van der Waals surface area contributed by atoms with E-state index in [1.807, 2.05) is 36.5 Å². The SMILES string of the molecule is CCC(c1ccccc1)n1cc(CC(=O)OC)c2cccnc21. The second-order valence-electron chi connectivity index (χ2n) is 5.52. The zero-order chi connectivity index (χ0) is 16.2. The van der Waals surface area contributed by atoms with Gasteiger partial charge in [0.1, 0.15) is 5.65 Å². The minimum absolute atomic E-state index is 0.194. The van der Waals surface area contributed by atoms with E-state index in [-0.39, 0.29) is 18.4 Å². The Morgan fingerprint density at radius 3 is 2.70 bits per heavy atom. The Labute approximate surface area is 135 Å². The van der Waals surface area contributed by atoms with Crippen LogP contribution < -0.4 is 0 Å². The molecule has 0 fully saturated rings. The Morgan fingerprint density at radius 1 is 1.22 bits per heavy atom. The highest BCUT2D eigenvalue weighted by Crippen LogP contribution is 2.29. The molecule has 4 heteroatoms. The molecule has 0 amide bonds.